The number of benzene rings is 9. The Hall–Kier alpha value is -7.95. The molecule has 1 aromatic heterocycles. The summed E-state index contributed by atoms with van der Waals surface area (Å²) in [6.07, 6.45) is 6.61. The topological polar surface area (TPSA) is 41.4 Å². The fourth-order valence-electron chi connectivity index (χ4n) is 9.65. The van der Waals surface area contributed by atoms with Crippen LogP contribution in [0.3, 0.4) is 0 Å². The van der Waals surface area contributed by atoms with E-state index in [0.717, 1.165) is 33.8 Å². The number of anilines is 1. The monoisotopic (exact) mass is 780 g/mol. The molecule has 2 aliphatic rings. The van der Waals surface area contributed by atoms with Gasteiger partial charge in [-0.1, -0.05) is 182 Å². The number of nitrogens with zero attached hydrogens (tertiary/aromatic N) is 2. The lowest BCUT2D eigenvalue weighted by Crippen LogP contribution is -2.25. The van der Waals surface area contributed by atoms with Crippen LogP contribution in [0.25, 0.3) is 71.2 Å². The second-order valence-corrected chi connectivity index (χ2v) is 16.0. The van der Waals surface area contributed by atoms with Crippen molar-refractivity contribution in [2.75, 3.05) is 5.32 Å². The number of rotatable bonds is 6. The number of fused-ring (bicyclic) bond motifs is 8. The summed E-state index contributed by atoms with van der Waals surface area (Å²) < 4.78 is 2.52. The molecule has 9 aromatic carbocycles. The molecule has 12 rings (SSSR count). The molecule has 2 atom stereocenters. The summed E-state index contributed by atoms with van der Waals surface area (Å²) in [4.78, 5) is 5.35. The van der Waals surface area contributed by atoms with E-state index in [1.807, 2.05) is 0 Å². The molecule has 4 nitrogen and oxygen atoms in total. The zero-order chi connectivity index (χ0) is 40.3. The van der Waals surface area contributed by atoms with Crippen molar-refractivity contribution < 1.29 is 0 Å². The van der Waals surface area contributed by atoms with Crippen molar-refractivity contribution in [2.45, 2.75) is 12.2 Å². The number of aromatic nitrogens is 1. The minimum atomic E-state index is -0.146. The van der Waals surface area contributed by atoms with E-state index in [0.29, 0.717) is 0 Å². The van der Waals surface area contributed by atoms with E-state index >= 15 is 0 Å². The average Bonchev–Trinajstić information content (AvgIpc) is 3.68. The Kier molecular flexibility index (Phi) is 8.27. The molecule has 0 aliphatic carbocycles. The molecule has 2 unspecified atom stereocenters. The maximum Gasteiger partial charge on any atom is 0.123 e. The van der Waals surface area contributed by atoms with Crippen LogP contribution in [0.4, 0.5) is 11.4 Å². The summed E-state index contributed by atoms with van der Waals surface area (Å²) in [7, 11) is 0. The molecule has 0 radical (unpaired) electrons. The van der Waals surface area contributed by atoms with Crippen molar-refractivity contribution in [1.82, 2.24) is 9.88 Å². The van der Waals surface area contributed by atoms with Gasteiger partial charge in [0, 0.05) is 17.0 Å². The van der Waals surface area contributed by atoms with Crippen molar-refractivity contribution in [3.8, 4) is 22.3 Å². The molecule has 288 valence electrons. The predicted octanol–water partition coefficient (Wildman–Crippen LogP) is 14.4. The molecular weight excluding hydrogens is 741 g/mol. The Labute approximate surface area is 354 Å². The fraction of sp³-hybridized carbons (Fsp3) is 0.0351. The Bertz CT molecular complexity index is 3260. The molecule has 0 bridgehead atoms. The lowest BCUT2D eigenvalue weighted by atomic mass is 9.92. The number of dihydropyridines is 1. The minimum absolute atomic E-state index is 0.0524. The second kappa shape index (κ2) is 14.4. The van der Waals surface area contributed by atoms with E-state index in [1.165, 1.54) is 71.2 Å². The number of hydrogen-bond donors (Lipinski definition) is 2. The van der Waals surface area contributed by atoms with Crippen LogP contribution in [-0.2, 0) is 0 Å². The van der Waals surface area contributed by atoms with Crippen LogP contribution in [0, 0.1) is 0 Å². The molecule has 0 saturated heterocycles. The van der Waals surface area contributed by atoms with Gasteiger partial charge in [0.15, 0.2) is 0 Å². The molecule has 61 heavy (non-hydrogen) atoms. The van der Waals surface area contributed by atoms with E-state index in [4.69, 9.17) is 4.99 Å². The van der Waals surface area contributed by atoms with Crippen LogP contribution < -0.4 is 10.6 Å². The normalized spacial score (nSPS) is 15.9. The molecular formula is C57H40N4. The van der Waals surface area contributed by atoms with Crippen LogP contribution in [0.5, 0.6) is 0 Å². The highest BCUT2D eigenvalue weighted by Gasteiger charge is 2.27. The van der Waals surface area contributed by atoms with Gasteiger partial charge in [-0.15, -0.1) is 0 Å². The van der Waals surface area contributed by atoms with Crippen LogP contribution >= 0.6 is 0 Å². The highest BCUT2D eigenvalue weighted by Crippen LogP contribution is 2.47. The third-order valence-electron chi connectivity index (χ3n) is 12.5. The van der Waals surface area contributed by atoms with Crippen LogP contribution in [-0.4, -0.2) is 10.3 Å². The van der Waals surface area contributed by atoms with E-state index < -0.39 is 0 Å². The van der Waals surface area contributed by atoms with Crippen molar-refractivity contribution in [3.05, 3.63) is 235 Å². The highest BCUT2D eigenvalue weighted by atomic mass is 15.2. The molecule has 2 N–H and O–H groups in total. The van der Waals surface area contributed by atoms with Crippen molar-refractivity contribution in [2.24, 2.45) is 4.99 Å². The summed E-state index contributed by atoms with van der Waals surface area (Å²) in [5.41, 5.74) is 14.7. The first-order chi connectivity index (χ1) is 30.3. The van der Waals surface area contributed by atoms with Gasteiger partial charge in [0.1, 0.15) is 6.17 Å². The summed E-state index contributed by atoms with van der Waals surface area (Å²) in [5.74, 6) is 0. The minimum Gasteiger partial charge on any atom is -0.371 e. The predicted molar refractivity (Wildman–Crippen MR) is 257 cm³/mol. The number of aliphatic imine (C=N–C) groups is 1. The van der Waals surface area contributed by atoms with E-state index in [-0.39, 0.29) is 12.2 Å². The van der Waals surface area contributed by atoms with Gasteiger partial charge in [-0.2, -0.15) is 0 Å². The first-order valence-corrected chi connectivity index (χ1v) is 21.0. The van der Waals surface area contributed by atoms with Gasteiger partial charge in [-0.3, -0.25) is 0 Å². The molecule has 0 fully saturated rings. The lowest BCUT2D eigenvalue weighted by Gasteiger charge is -2.28. The second-order valence-electron chi connectivity index (χ2n) is 16.0. The first kappa shape index (κ1) is 35.0. The maximum absolute atomic E-state index is 5.35. The number of allylic oxidation sites excluding steroid dienone is 2. The number of hydrogen-bond acceptors (Lipinski definition) is 3. The zero-order valence-electron chi connectivity index (χ0n) is 33.3. The van der Waals surface area contributed by atoms with E-state index in [2.05, 4.69) is 234 Å². The Morgan fingerprint density at radius 3 is 1.51 bits per heavy atom. The average molecular weight is 781 g/mol. The van der Waals surface area contributed by atoms with Gasteiger partial charge >= 0.3 is 0 Å². The maximum atomic E-state index is 5.35. The van der Waals surface area contributed by atoms with Gasteiger partial charge in [0.2, 0.25) is 0 Å². The van der Waals surface area contributed by atoms with E-state index in [1.54, 1.807) is 0 Å². The lowest BCUT2D eigenvalue weighted by molar-refractivity contribution is 0.579. The highest BCUT2D eigenvalue weighted by molar-refractivity contribution is 6.31. The van der Waals surface area contributed by atoms with Gasteiger partial charge in [0.05, 0.1) is 34.2 Å². The molecule has 2 aliphatic heterocycles. The third kappa shape index (κ3) is 5.87. The molecule has 3 heterocycles. The largest absolute Gasteiger partial charge is 0.371 e. The van der Waals surface area contributed by atoms with Crippen molar-refractivity contribution >= 4 is 66.0 Å². The molecule has 4 heteroatoms. The summed E-state index contributed by atoms with van der Waals surface area (Å²) in [5, 5.41) is 15.3. The molecule has 0 saturated carbocycles. The Morgan fingerprint density at radius 1 is 0.459 bits per heavy atom. The standard InChI is InChI=1S/C57H40N4/c1-5-17-37(18-6-1)47-34-51-54(45-27-15-13-25-43(45)47)55-46-28-16-14-26-44(46)48(38-19-7-2-8-20-38)35-52(55)61(51)53-32-30-42(36-58-53)41-29-31-49-50(33-41)60-57(40-23-11-4-12-24-40)56(59-49)39-21-9-3-10-22-39/h1-36,53,56,58-59H. The summed E-state index contributed by atoms with van der Waals surface area (Å²) in [6, 6.07) is 71.9. The smallest absolute Gasteiger partial charge is 0.123 e. The van der Waals surface area contributed by atoms with Gasteiger partial charge in [-0.05, 0) is 96.4 Å². The molecule has 0 amide bonds. The Balaban J connectivity index is 1.02. The van der Waals surface area contributed by atoms with Gasteiger partial charge in [-0.25, -0.2) is 4.99 Å². The van der Waals surface area contributed by atoms with Crippen LogP contribution in [0.15, 0.2) is 224 Å². The quantitative estimate of drug-likeness (QED) is 0.176. The van der Waals surface area contributed by atoms with Gasteiger partial charge < -0.3 is 15.2 Å². The van der Waals surface area contributed by atoms with Crippen molar-refractivity contribution in [3.63, 3.8) is 0 Å². The summed E-state index contributed by atoms with van der Waals surface area (Å²) >= 11 is 0. The zero-order valence-corrected chi connectivity index (χ0v) is 33.3. The molecule has 10 aromatic rings. The third-order valence-corrected chi connectivity index (χ3v) is 12.5. The van der Waals surface area contributed by atoms with E-state index in [9.17, 15) is 0 Å². The van der Waals surface area contributed by atoms with Crippen LogP contribution in [0.2, 0.25) is 0 Å². The van der Waals surface area contributed by atoms with Gasteiger partial charge in [0.25, 0.3) is 0 Å². The van der Waals surface area contributed by atoms with Crippen molar-refractivity contribution in [1.29, 1.82) is 0 Å². The fourth-order valence-corrected chi connectivity index (χ4v) is 9.65. The molecule has 0 spiro atoms. The Morgan fingerprint density at radius 2 is 0.967 bits per heavy atom. The number of nitrogens with one attached hydrogen (secondary N) is 2. The summed E-state index contributed by atoms with van der Waals surface area (Å²) in [6.45, 7) is 0. The first-order valence-electron chi connectivity index (χ1n) is 21.0. The SMILES string of the molecule is C1=CC(n2c3cc(-c4ccccc4)c4ccccc4c3c3c4ccccc4c(-c4ccccc4)cc32)NC=C1c1ccc2c(c1)N=C(c1ccccc1)C(c1ccccc1)N2. The van der Waals surface area contributed by atoms with Crippen LogP contribution in [0.1, 0.15) is 28.9 Å².